The normalized spacial score (nSPS) is 16.1. The van der Waals surface area contributed by atoms with Crippen molar-refractivity contribution in [2.24, 2.45) is 5.41 Å². The van der Waals surface area contributed by atoms with Crippen LogP contribution < -0.4 is 22.5 Å². The molecule has 0 radical (unpaired) electrons. The number of aromatic nitrogens is 2. The Labute approximate surface area is 164 Å². The molecule has 1 aliphatic rings. The molecule has 7 heteroatoms. The van der Waals surface area contributed by atoms with E-state index in [0.29, 0.717) is 29.1 Å². The fraction of sp³-hybridized carbons (Fsp3) is 0.350. The van der Waals surface area contributed by atoms with Gasteiger partial charge in [0.1, 0.15) is 17.3 Å². The Bertz CT molecular complexity index is 944. The zero-order valence-corrected chi connectivity index (χ0v) is 15.8. The molecule has 3 aromatic rings. The van der Waals surface area contributed by atoms with Crippen molar-refractivity contribution in [3.63, 3.8) is 0 Å². The van der Waals surface area contributed by atoms with Crippen molar-refractivity contribution in [3.8, 4) is 11.6 Å². The Kier molecular flexibility index (Phi) is 5.67. The standard InChI is InChI=1S/C20H21F2N3O.ClH/c1-20(8-10-23-11-9-20)13-26-19-15-12-14(21)6-7-17(15)25(24-19)18-5-3-2-4-16(18)22;/h2-7,12,23H,8-11,13H2,1H3;1H. The number of halogens is 3. The van der Waals surface area contributed by atoms with Crippen LogP contribution in [0.15, 0.2) is 42.5 Å². The van der Waals surface area contributed by atoms with Crippen LogP contribution >= 0.6 is 0 Å². The van der Waals surface area contributed by atoms with Gasteiger partial charge in [-0.15, -0.1) is 5.10 Å². The maximum Gasteiger partial charge on any atom is 1.00 e. The van der Waals surface area contributed by atoms with Crippen LogP contribution in [0.5, 0.6) is 5.88 Å². The Hall–Kier alpha value is -2.18. The highest BCUT2D eigenvalue weighted by Gasteiger charge is 2.28. The third-order valence-electron chi connectivity index (χ3n) is 5.06. The third-order valence-corrected chi connectivity index (χ3v) is 5.06. The van der Waals surface area contributed by atoms with Crippen LogP contribution in [-0.2, 0) is 0 Å². The van der Waals surface area contributed by atoms with Crippen molar-refractivity contribution in [2.75, 3.05) is 19.7 Å². The highest BCUT2D eigenvalue weighted by molar-refractivity contribution is 5.86. The SMILES string of the molecule is CC1(COc2nn(-c3ccccc3F)c3ccc(F)cc23)CCNCC1.[Cl-].[H+]. The van der Waals surface area contributed by atoms with Crippen molar-refractivity contribution < 1.29 is 27.4 Å². The molecule has 1 fully saturated rings. The molecular weight excluding hydrogens is 372 g/mol. The molecule has 0 spiro atoms. The third kappa shape index (κ3) is 3.92. The molecule has 2 aromatic carbocycles. The molecule has 4 rings (SSSR count). The van der Waals surface area contributed by atoms with Gasteiger partial charge in [-0.1, -0.05) is 19.1 Å². The lowest BCUT2D eigenvalue weighted by Crippen LogP contribution is -3.00. The molecule has 0 atom stereocenters. The van der Waals surface area contributed by atoms with Gasteiger partial charge in [0, 0.05) is 5.41 Å². The molecule has 0 aliphatic carbocycles. The summed E-state index contributed by atoms with van der Waals surface area (Å²) in [5, 5.41) is 8.34. The summed E-state index contributed by atoms with van der Waals surface area (Å²) in [5.74, 6) is -0.427. The second-order valence-electron chi connectivity index (χ2n) is 7.18. The fourth-order valence-electron chi connectivity index (χ4n) is 3.39. The predicted molar refractivity (Wildman–Crippen MR) is 97.8 cm³/mol. The summed E-state index contributed by atoms with van der Waals surface area (Å²) in [4.78, 5) is 0. The summed E-state index contributed by atoms with van der Waals surface area (Å²) in [7, 11) is 0. The van der Waals surface area contributed by atoms with Crippen molar-refractivity contribution in [1.29, 1.82) is 0 Å². The van der Waals surface area contributed by atoms with E-state index in [1.54, 1.807) is 24.3 Å². The molecule has 1 aromatic heterocycles. The van der Waals surface area contributed by atoms with Gasteiger partial charge in [0.25, 0.3) is 0 Å². The first-order valence-corrected chi connectivity index (χ1v) is 8.82. The quantitative estimate of drug-likeness (QED) is 0.723. The summed E-state index contributed by atoms with van der Waals surface area (Å²) >= 11 is 0. The first-order chi connectivity index (χ1) is 12.6. The van der Waals surface area contributed by atoms with E-state index >= 15 is 0 Å². The maximum absolute atomic E-state index is 14.2. The highest BCUT2D eigenvalue weighted by Crippen LogP contribution is 2.33. The lowest BCUT2D eigenvalue weighted by Gasteiger charge is -2.33. The lowest BCUT2D eigenvalue weighted by molar-refractivity contribution is -0.00000706. The van der Waals surface area contributed by atoms with Crippen LogP contribution in [0, 0.1) is 17.0 Å². The summed E-state index contributed by atoms with van der Waals surface area (Å²) in [5.41, 5.74) is 0.973. The lowest BCUT2D eigenvalue weighted by atomic mass is 9.82. The number of nitrogens with one attached hydrogen (secondary N) is 1. The fourth-order valence-corrected chi connectivity index (χ4v) is 3.39. The van der Waals surface area contributed by atoms with E-state index in [0.717, 1.165) is 25.9 Å². The van der Waals surface area contributed by atoms with Gasteiger partial charge in [-0.3, -0.25) is 0 Å². The molecular formula is C20H22ClF2N3O. The summed E-state index contributed by atoms with van der Waals surface area (Å²) in [6.07, 6.45) is 2.01. The molecule has 0 unspecified atom stereocenters. The largest absolute Gasteiger partial charge is 1.00 e. The zero-order valence-electron chi connectivity index (χ0n) is 16.0. The van der Waals surface area contributed by atoms with E-state index in [1.807, 2.05) is 0 Å². The molecule has 27 heavy (non-hydrogen) atoms. The van der Waals surface area contributed by atoms with E-state index in [1.165, 1.54) is 22.9 Å². The van der Waals surface area contributed by atoms with E-state index < -0.39 is 5.82 Å². The average molecular weight is 394 g/mol. The van der Waals surface area contributed by atoms with Crippen LogP contribution in [0.1, 0.15) is 21.2 Å². The molecule has 0 bridgehead atoms. The number of fused-ring (bicyclic) bond motifs is 1. The van der Waals surface area contributed by atoms with Gasteiger partial charge < -0.3 is 22.5 Å². The number of hydrogen-bond donors (Lipinski definition) is 1. The van der Waals surface area contributed by atoms with Gasteiger partial charge in [-0.25, -0.2) is 13.5 Å². The van der Waals surface area contributed by atoms with Gasteiger partial charge in [0.05, 0.1) is 17.5 Å². The maximum atomic E-state index is 14.2. The summed E-state index contributed by atoms with van der Waals surface area (Å²) in [6.45, 7) is 4.59. The Morgan fingerprint density at radius 2 is 1.93 bits per heavy atom. The Morgan fingerprint density at radius 1 is 1.19 bits per heavy atom. The Balaban J connectivity index is 0.00000140. The predicted octanol–water partition coefficient (Wildman–Crippen LogP) is 1.19. The van der Waals surface area contributed by atoms with Crippen molar-refractivity contribution >= 4 is 10.9 Å². The number of nitrogens with zero attached hydrogens (tertiary/aromatic N) is 2. The van der Waals surface area contributed by atoms with Crippen LogP contribution in [0.25, 0.3) is 16.6 Å². The van der Waals surface area contributed by atoms with E-state index in [9.17, 15) is 8.78 Å². The van der Waals surface area contributed by atoms with Crippen molar-refractivity contribution in [1.82, 2.24) is 15.1 Å². The molecule has 4 nitrogen and oxygen atoms in total. The first kappa shape index (κ1) is 19.6. The van der Waals surface area contributed by atoms with E-state index in [2.05, 4.69) is 17.3 Å². The topological polar surface area (TPSA) is 39.1 Å². The van der Waals surface area contributed by atoms with Crippen LogP contribution in [-0.4, -0.2) is 29.5 Å². The average Bonchev–Trinajstić information content (AvgIpc) is 2.99. The van der Waals surface area contributed by atoms with Gasteiger partial charge in [-0.2, -0.15) is 0 Å². The number of hydrogen-bond acceptors (Lipinski definition) is 3. The Morgan fingerprint density at radius 3 is 2.67 bits per heavy atom. The van der Waals surface area contributed by atoms with E-state index in [-0.39, 0.29) is 25.1 Å². The molecule has 1 saturated heterocycles. The van der Waals surface area contributed by atoms with Crippen molar-refractivity contribution in [2.45, 2.75) is 19.8 Å². The van der Waals surface area contributed by atoms with Gasteiger partial charge in [0.2, 0.25) is 5.88 Å². The number of ether oxygens (including phenoxy) is 1. The second kappa shape index (κ2) is 7.82. The number of para-hydroxylation sites is 1. The number of rotatable bonds is 4. The minimum Gasteiger partial charge on any atom is -1.00 e. The minimum atomic E-state index is -0.391. The van der Waals surface area contributed by atoms with Crippen molar-refractivity contribution in [3.05, 3.63) is 54.1 Å². The number of benzene rings is 2. The molecule has 144 valence electrons. The minimum absolute atomic E-state index is 0. The van der Waals surface area contributed by atoms with Crippen LogP contribution in [0.2, 0.25) is 0 Å². The monoisotopic (exact) mass is 393 g/mol. The summed E-state index contributed by atoms with van der Waals surface area (Å²) in [6, 6.07) is 10.7. The molecule has 2 heterocycles. The molecule has 0 amide bonds. The smallest absolute Gasteiger partial charge is 1.00 e. The molecule has 1 N–H and O–H groups in total. The first-order valence-electron chi connectivity index (χ1n) is 8.82. The van der Waals surface area contributed by atoms with Gasteiger partial charge in [-0.05, 0) is 56.3 Å². The molecule has 1 aliphatic heterocycles. The van der Waals surface area contributed by atoms with Gasteiger partial charge in [0.15, 0.2) is 0 Å². The highest BCUT2D eigenvalue weighted by atomic mass is 35.5. The van der Waals surface area contributed by atoms with Gasteiger partial charge >= 0.3 is 1.43 Å². The van der Waals surface area contributed by atoms with E-state index in [4.69, 9.17) is 4.74 Å². The van der Waals surface area contributed by atoms with Crippen LogP contribution in [0.4, 0.5) is 8.78 Å². The van der Waals surface area contributed by atoms with Crippen LogP contribution in [0.3, 0.4) is 0 Å². The molecule has 0 saturated carbocycles. The zero-order chi connectivity index (χ0) is 18.1. The summed E-state index contributed by atoms with van der Waals surface area (Å²) < 4.78 is 35.5. The number of piperidine rings is 1. The second-order valence-corrected chi connectivity index (χ2v) is 7.18.